The highest BCUT2D eigenvalue weighted by molar-refractivity contribution is 5.87. The highest BCUT2D eigenvalue weighted by Gasteiger charge is 2.56. The van der Waals surface area contributed by atoms with Crippen LogP contribution in [0.15, 0.2) is 0 Å². The van der Waals surface area contributed by atoms with Crippen molar-refractivity contribution >= 4 is 5.78 Å². The first-order valence-electron chi connectivity index (χ1n) is 9.19. The van der Waals surface area contributed by atoms with Crippen LogP contribution in [-0.4, -0.2) is 19.0 Å². The number of fused-ring (bicyclic) bond motifs is 5. The Bertz CT molecular complexity index is 431. The maximum absolute atomic E-state index is 12.4. The zero-order valence-corrected chi connectivity index (χ0v) is 13.6. The Kier molecular flexibility index (Phi) is 3.44. The molecule has 21 heavy (non-hydrogen) atoms. The second kappa shape index (κ2) is 5.08. The smallest absolute Gasteiger partial charge is 0.139 e. The molecule has 4 aliphatic rings. The van der Waals surface area contributed by atoms with Gasteiger partial charge in [-0.05, 0) is 81.0 Å². The van der Waals surface area contributed by atoms with Crippen LogP contribution >= 0.6 is 0 Å². The maximum Gasteiger partial charge on any atom is 0.139 e. The van der Waals surface area contributed by atoms with Crippen molar-refractivity contribution in [2.75, 3.05) is 7.11 Å². The predicted octanol–water partition coefficient (Wildman–Crippen LogP) is 4.22. The van der Waals surface area contributed by atoms with Crippen LogP contribution < -0.4 is 0 Å². The minimum Gasteiger partial charge on any atom is -0.381 e. The Morgan fingerprint density at radius 1 is 1.00 bits per heavy atom. The van der Waals surface area contributed by atoms with Gasteiger partial charge in [-0.2, -0.15) is 0 Å². The zero-order valence-electron chi connectivity index (χ0n) is 13.6. The summed E-state index contributed by atoms with van der Waals surface area (Å²) in [7, 11) is 1.88. The molecule has 0 aromatic heterocycles. The molecule has 4 saturated carbocycles. The van der Waals surface area contributed by atoms with E-state index in [0.717, 1.165) is 30.1 Å². The van der Waals surface area contributed by atoms with Gasteiger partial charge in [-0.1, -0.05) is 6.92 Å². The minimum atomic E-state index is 0.0533. The molecule has 0 saturated heterocycles. The number of carbonyl (C=O) groups excluding carboxylic acids is 1. The fourth-order valence-corrected chi connectivity index (χ4v) is 6.80. The predicted molar refractivity (Wildman–Crippen MR) is 82.9 cm³/mol. The number of Topliss-reactive ketones (excluding diaryl/α,β-unsaturated/α-hetero) is 1. The largest absolute Gasteiger partial charge is 0.381 e. The van der Waals surface area contributed by atoms with Crippen LogP contribution in [0.5, 0.6) is 0 Å². The zero-order chi connectivity index (χ0) is 14.6. The van der Waals surface area contributed by atoms with Crippen LogP contribution in [-0.2, 0) is 9.53 Å². The molecule has 0 aliphatic heterocycles. The molecule has 2 nitrogen and oxygen atoms in total. The Balaban J connectivity index is 1.54. The second-order valence-corrected chi connectivity index (χ2v) is 8.52. The lowest BCUT2D eigenvalue weighted by atomic mass is 9.50. The van der Waals surface area contributed by atoms with Crippen molar-refractivity contribution in [3.05, 3.63) is 0 Å². The summed E-state index contributed by atoms with van der Waals surface area (Å²) in [5.74, 6) is 4.92. The third-order valence-corrected chi connectivity index (χ3v) is 7.95. The standard InChI is InChI=1S/C19H30O2/c1-19-10-9-15-14-6-4-13(21-2)11-12(14)3-5-16(15)17(19)7-8-18(19)20/h12-17H,3-11H2,1-2H3. The van der Waals surface area contributed by atoms with Gasteiger partial charge in [0.05, 0.1) is 6.10 Å². The van der Waals surface area contributed by atoms with Gasteiger partial charge >= 0.3 is 0 Å². The molecule has 7 unspecified atom stereocenters. The molecule has 0 aromatic carbocycles. The van der Waals surface area contributed by atoms with Crippen LogP contribution in [0.1, 0.15) is 64.7 Å². The molecular weight excluding hydrogens is 260 g/mol. The van der Waals surface area contributed by atoms with Gasteiger partial charge in [0.15, 0.2) is 0 Å². The van der Waals surface area contributed by atoms with E-state index in [4.69, 9.17) is 4.74 Å². The molecule has 118 valence electrons. The molecule has 4 rings (SSSR count). The van der Waals surface area contributed by atoms with Crippen molar-refractivity contribution in [1.82, 2.24) is 0 Å². The summed E-state index contributed by atoms with van der Waals surface area (Å²) in [6, 6.07) is 0. The molecule has 0 bridgehead atoms. The molecule has 0 N–H and O–H groups in total. The molecular formula is C19H30O2. The monoisotopic (exact) mass is 290 g/mol. The Hall–Kier alpha value is -0.370. The average molecular weight is 290 g/mol. The fourth-order valence-electron chi connectivity index (χ4n) is 6.80. The van der Waals surface area contributed by atoms with Crippen LogP contribution in [0.3, 0.4) is 0 Å². The van der Waals surface area contributed by atoms with Crippen LogP contribution in [0.25, 0.3) is 0 Å². The summed E-state index contributed by atoms with van der Waals surface area (Å²) < 4.78 is 5.63. The van der Waals surface area contributed by atoms with Gasteiger partial charge < -0.3 is 4.74 Å². The molecule has 0 aromatic rings. The quantitative estimate of drug-likeness (QED) is 0.722. The van der Waals surface area contributed by atoms with Gasteiger partial charge in [-0.25, -0.2) is 0 Å². The summed E-state index contributed by atoms with van der Waals surface area (Å²) in [5, 5.41) is 0. The van der Waals surface area contributed by atoms with E-state index in [-0.39, 0.29) is 5.41 Å². The molecule has 0 heterocycles. The highest BCUT2D eigenvalue weighted by Crippen LogP contribution is 2.61. The lowest BCUT2D eigenvalue weighted by molar-refractivity contribution is -0.133. The van der Waals surface area contributed by atoms with Gasteiger partial charge in [-0.3, -0.25) is 4.79 Å². The van der Waals surface area contributed by atoms with E-state index in [2.05, 4.69) is 6.92 Å². The van der Waals surface area contributed by atoms with E-state index >= 15 is 0 Å². The molecule has 7 atom stereocenters. The van der Waals surface area contributed by atoms with E-state index < -0.39 is 0 Å². The first-order valence-corrected chi connectivity index (χ1v) is 9.19. The fraction of sp³-hybridized carbons (Fsp3) is 0.947. The molecule has 0 radical (unpaired) electrons. The van der Waals surface area contributed by atoms with Crippen molar-refractivity contribution < 1.29 is 9.53 Å². The van der Waals surface area contributed by atoms with E-state index in [1.54, 1.807) is 0 Å². The van der Waals surface area contributed by atoms with Gasteiger partial charge in [0.1, 0.15) is 5.78 Å². The van der Waals surface area contributed by atoms with Crippen molar-refractivity contribution in [1.29, 1.82) is 0 Å². The third kappa shape index (κ3) is 2.04. The van der Waals surface area contributed by atoms with Gasteiger partial charge in [-0.15, -0.1) is 0 Å². The van der Waals surface area contributed by atoms with E-state index in [0.29, 0.717) is 17.8 Å². The van der Waals surface area contributed by atoms with E-state index in [9.17, 15) is 4.79 Å². The Morgan fingerprint density at radius 2 is 1.81 bits per heavy atom. The molecule has 4 aliphatic carbocycles. The van der Waals surface area contributed by atoms with Crippen LogP contribution in [0, 0.1) is 35.0 Å². The lowest BCUT2D eigenvalue weighted by Crippen LogP contribution is -2.49. The molecule has 0 spiro atoms. The van der Waals surface area contributed by atoms with Crippen molar-refractivity contribution in [3.63, 3.8) is 0 Å². The van der Waals surface area contributed by atoms with Crippen molar-refractivity contribution in [2.45, 2.75) is 70.8 Å². The van der Waals surface area contributed by atoms with Gasteiger partial charge in [0.2, 0.25) is 0 Å². The number of hydrogen-bond acceptors (Lipinski definition) is 2. The van der Waals surface area contributed by atoms with E-state index in [1.807, 2.05) is 7.11 Å². The number of methoxy groups -OCH3 is 1. The summed E-state index contributed by atoms with van der Waals surface area (Å²) in [5.41, 5.74) is 0.0533. The Morgan fingerprint density at radius 3 is 2.62 bits per heavy atom. The van der Waals surface area contributed by atoms with Crippen molar-refractivity contribution in [3.8, 4) is 0 Å². The van der Waals surface area contributed by atoms with Gasteiger partial charge in [0.25, 0.3) is 0 Å². The first-order chi connectivity index (χ1) is 10.1. The molecule has 0 amide bonds. The van der Waals surface area contributed by atoms with Gasteiger partial charge in [0, 0.05) is 18.9 Å². The topological polar surface area (TPSA) is 26.3 Å². The maximum atomic E-state index is 12.4. The third-order valence-electron chi connectivity index (χ3n) is 7.95. The summed E-state index contributed by atoms with van der Waals surface area (Å²) in [6.45, 7) is 2.29. The number of ketones is 1. The highest BCUT2D eigenvalue weighted by atomic mass is 16.5. The molecule has 4 fully saturated rings. The summed E-state index contributed by atoms with van der Waals surface area (Å²) >= 11 is 0. The average Bonchev–Trinajstić information content (AvgIpc) is 2.82. The summed E-state index contributed by atoms with van der Waals surface area (Å²) in [4.78, 5) is 12.4. The van der Waals surface area contributed by atoms with Crippen LogP contribution in [0.4, 0.5) is 0 Å². The van der Waals surface area contributed by atoms with Crippen molar-refractivity contribution in [2.24, 2.45) is 35.0 Å². The molecule has 2 heteroatoms. The minimum absolute atomic E-state index is 0.0533. The summed E-state index contributed by atoms with van der Waals surface area (Å²) in [6.07, 6.45) is 11.8. The SMILES string of the molecule is COC1CCC2C(CCC3C2CCC2(C)C(=O)CCC32)C1. The number of hydrogen-bond donors (Lipinski definition) is 0. The lowest BCUT2D eigenvalue weighted by Gasteiger charge is -2.54. The Labute approximate surface area is 129 Å². The second-order valence-electron chi connectivity index (χ2n) is 8.52. The van der Waals surface area contributed by atoms with E-state index in [1.165, 1.54) is 51.4 Å². The number of rotatable bonds is 1. The van der Waals surface area contributed by atoms with Crippen LogP contribution in [0.2, 0.25) is 0 Å². The first kappa shape index (κ1) is 14.2. The number of ether oxygens (including phenoxy) is 1. The normalized spacial score (nSPS) is 53.0. The number of carbonyl (C=O) groups is 1.